The van der Waals surface area contributed by atoms with Crippen molar-refractivity contribution < 1.29 is 14.6 Å². The third-order valence-electron chi connectivity index (χ3n) is 3.02. The third-order valence-corrected chi connectivity index (χ3v) is 3.48. The summed E-state index contributed by atoms with van der Waals surface area (Å²) in [7, 11) is 3.18. The molecule has 0 aliphatic rings. The molecule has 0 heterocycles. The molecule has 0 saturated carbocycles. The molecule has 0 saturated heterocycles. The first-order chi connectivity index (χ1) is 10.0. The number of aliphatic imine (C=N–C) groups is 1. The molecule has 0 amide bonds. The predicted octanol–water partition coefficient (Wildman–Crippen LogP) is 4.23. The Hall–Kier alpha value is -2.01. The molecule has 2 aromatic rings. The zero-order valence-electron chi connectivity index (χ0n) is 12.1. The average Bonchev–Trinajstić information content (AvgIpc) is 2.49. The number of methoxy groups -OCH3 is 2. The van der Waals surface area contributed by atoms with Gasteiger partial charge in [0.05, 0.1) is 14.2 Å². The van der Waals surface area contributed by atoms with Crippen LogP contribution in [0, 0.1) is 6.92 Å². The third kappa shape index (κ3) is 3.55. The summed E-state index contributed by atoms with van der Waals surface area (Å²) >= 11 is 3.41. The van der Waals surface area contributed by atoms with Gasteiger partial charge in [-0.15, -0.1) is 0 Å². The highest BCUT2D eigenvalue weighted by Crippen LogP contribution is 2.32. The van der Waals surface area contributed by atoms with Crippen LogP contribution in [0.5, 0.6) is 17.2 Å². The molecule has 110 valence electrons. The number of aryl methyl sites for hydroxylation is 1. The van der Waals surface area contributed by atoms with Crippen LogP contribution in [-0.4, -0.2) is 25.5 Å². The molecule has 0 aliphatic carbocycles. The maximum atomic E-state index is 10.1. The second-order valence-corrected chi connectivity index (χ2v) is 5.37. The molecule has 2 rings (SSSR count). The molecule has 0 spiro atoms. The van der Waals surface area contributed by atoms with Gasteiger partial charge >= 0.3 is 0 Å². The van der Waals surface area contributed by atoms with E-state index < -0.39 is 0 Å². The second-order valence-electron chi connectivity index (χ2n) is 4.46. The van der Waals surface area contributed by atoms with Crippen LogP contribution in [0.1, 0.15) is 11.1 Å². The van der Waals surface area contributed by atoms with Crippen molar-refractivity contribution >= 4 is 27.8 Å². The van der Waals surface area contributed by atoms with E-state index in [4.69, 9.17) is 9.47 Å². The summed E-state index contributed by atoms with van der Waals surface area (Å²) in [5, 5.41) is 10.1. The molecule has 2 aromatic carbocycles. The van der Waals surface area contributed by atoms with Gasteiger partial charge in [0.25, 0.3) is 0 Å². The first-order valence-electron chi connectivity index (χ1n) is 6.30. The van der Waals surface area contributed by atoms with Crippen LogP contribution in [-0.2, 0) is 0 Å². The number of hydrogen-bond donors (Lipinski definition) is 1. The minimum absolute atomic E-state index is 0.212. The van der Waals surface area contributed by atoms with Gasteiger partial charge in [0.15, 0.2) is 0 Å². The van der Waals surface area contributed by atoms with Gasteiger partial charge < -0.3 is 14.6 Å². The van der Waals surface area contributed by atoms with Gasteiger partial charge in [0.1, 0.15) is 22.9 Å². The largest absolute Gasteiger partial charge is 0.507 e. The van der Waals surface area contributed by atoms with E-state index in [1.54, 1.807) is 44.7 Å². The molecule has 4 nitrogen and oxygen atoms in total. The van der Waals surface area contributed by atoms with Gasteiger partial charge in [-0.3, -0.25) is 4.99 Å². The minimum Gasteiger partial charge on any atom is -0.507 e. The maximum absolute atomic E-state index is 10.1. The molecule has 0 unspecified atom stereocenters. The van der Waals surface area contributed by atoms with E-state index in [0.717, 1.165) is 10.0 Å². The van der Waals surface area contributed by atoms with Crippen molar-refractivity contribution in [1.82, 2.24) is 0 Å². The minimum atomic E-state index is 0.212. The van der Waals surface area contributed by atoms with Crippen molar-refractivity contribution in [2.24, 2.45) is 4.99 Å². The van der Waals surface area contributed by atoms with Crippen LogP contribution in [0.25, 0.3) is 0 Å². The van der Waals surface area contributed by atoms with Crippen molar-refractivity contribution in [3.63, 3.8) is 0 Å². The van der Waals surface area contributed by atoms with Crippen LogP contribution < -0.4 is 9.47 Å². The van der Waals surface area contributed by atoms with E-state index in [9.17, 15) is 5.11 Å². The van der Waals surface area contributed by atoms with Crippen molar-refractivity contribution in [2.75, 3.05) is 14.2 Å². The molecule has 0 aliphatic heterocycles. The van der Waals surface area contributed by atoms with Gasteiger partial charge in [-0.2, -0.15) is 0 Å². The molecular weight excluding hydrogens is 334 g/mol. The first-order valence-corrected chi connectivity index (χ1v) is 7.09. The quantitative estimate of drug-likeness (QED) is 0.840. The molecule has 0 bridgehead atoms. The summed E-state index contributed by atoms with van der Waals surface area (Å²) in [4.78, 5) is 4.39. The van der Waals surface area contributed by atoms with Crippen LogP contribution in [0.2, 0.25) is 0 Å². The Morgan fingerprint density at radius 2 is 1.90 bits per heavy atom. The lowest BCUT2D eigenvalue weighted by Gasteiger charge is -2.07. The van der Waals surface area contributed by atoms with Gasteiger partial charge in [-0.1, -0.05) is 15.9 Å². The molecular formula is C16H16BrNO3. The second kappa shape index (κ2) is 6.63. The van der Waals surface area contributed by atoms with Crippen molar-refractivity contribution in [3.05, 3.63) is 45.9 Å². The van der Waals surface area contributed by atoms with Crippen LogP contribution in [0.3, 0.4) is 0 Å². The zero-order valence-corrected chi connectivity index (χ0v) is 13.6. The number of rotatable bonds is 4. The van der Waals surface area contributed by atoms with Gasteiger partial charge in [0.2, 0.25) is 0 Å². The summed E-state index contributed by atoms with van der Waals surface area (Å²) in [6, 6.07) is 9.02. The molecule has 1 N–H and O–H groups in total. The monoisotopic (exact) mass is 349 g/mol. The summed E-state index contributed by atoms with van der Waals surface area (Å²) in [6.07, 6.45) is 1.60. The Kier molecular flexibility index (Phi) is 4.85. The van der Waals surface area contributed by atoms with Gasteiger partial charge in [-0.05, 0) is 36.8 Å². The normalized spacial score (nSPS) is 10.9. The number of benzene rings is 2. The Labute approximate surface area is 132 Å². The van der Waals surface area contributed by atoms with Crippen molar-refractivity contribution in [2.45, 2.75) is 6.92 Å². The summed E-state index contributed by atoms with van der Waals surface area (Å²) in [6.45, 7) is 1.84. The highest BCUT2D eigenvalue weighted by Gasteiger charge is 2.06. The Morgan fingerprint density at radius 3 is 2.57 bits per heavy atom. The number of nitrogens with zero attached hydrogens (tertiary/aromatic N) is 1. The first kappa shape index (κ1) is 15.4. The fraction of sp³-hybridized carbons (Fsp3) is 0.188. The smallest absolute Gasteiger partial charge is 0.144 e. The van der Waals surface area contributed by atoms with Crippen LogP contribution in [0.4, 0.5) is 5.69 Å². The SMILES string of the molecule is COc1ccc(OC)c(N=Cc2cc(Br)cc(C)c2O)c1. The lowest BCUT2D eigenvalue weighted by molar-refractivity contribution is 0.404. The summed E-state index contributed by atoms with van der Waals surface area (Å²) < 4.78 is 11.3. The average molecular weight is 350 g/mol. The lowest BCUT2D eigenvalue weighted by Crippen LogP contribution is -1.89. The Morgan fingerprint density at radius 1 is 1.14 bits per heavy atom. The molecule has 21 heavy (non-hydrogen) atoms. The van der Waals surface area contributed by atoms with Gasteiger partial charge in [0, 0.05) is 22.3 Å². The topological polar surface area (TPSA) is 51.0 Å². The number of aromatic hydroxyl groups is 1. The fourth-order valence-corrected chi connectivity index (χ4v) is 2.49. The lowest BCUT2D eigenvalue weighted by atomic mass is 10.1. The molecule has 0 radical (unpaired) electrons. The fourth-order valence-electron chi connectivity index (χ4n) is 1.90. The number of phenolic OH excluding ortho intramolecular Hbond substituents is 1. The number of halogens is 1. The van der Waals surface area contributed by atoms with Crippen LogP contribution in [0.15, 0.2) is 39.8 Å². The van der Waals surface area contributed by atoms with E-state index in [-0.39, 0.29) is 5.75 Å². The summed E-state index contributed by atoms with van der Waals surface area (Å²) in [5.74, 6) is 1.54. The van der Waals surface area contributed by atoms with E-state index >= 15 is 0 Å². The van der Waals surface area contributed by atoms with Crippen molar-refractivity contribution in [1.29, 1.82) is 0 Å². The van der Waals surface area contributed by atoms with E-state index in [1.165, 1.54) is 0 Å². The van der Waals surface area contributed by atoms with Crippen LogP contribution >= 0.6 is 15.9 Å². The van der Waals surface area contributed by atoms with Gasteiger partial charge in [-0.25, -0.2) is 0 Å². The summed E-state index contributed by atoms with van der Waals surface area (Å²) in [5.41, 5.74) is 2.05. The maximum Gasteiger partial charge on any atom is 0.144 e. The molecule has 0 fully saturated rings. The number of hydrogen-bond acceptors (Lipinski definition) is 4. The number of phenols is 1. The Balaban J connectivity index is 2.41. The Bertz CT molecular complexity index is 683. The molecule has 0 aromatic heterocycles. The van der Waals surface area contributed by atoms with Crippen molar-refractivity contribution in [3.8, 4) is 17.2 Å². The standard InChI is InChI=1S/C16H16BrNO3/c1-10-6-12(17)7-11(16(10)19)9-18-14-8-13(20-2)4-5-15(14)21-3/h4-9,19H,1-3H3. The highest BCUT2D eigenvalue weighted by molar-refractivity contribution is 9.10. The van der Waals surface area contributed by atoms with E-state index in [1.807, 2.05) is 13.0 Å². The van der Waals surface area contributed by atoms with E-state index in [0.29, 0.717) is 22.7 Å². The predicted molar refractivity (Wildman–Crippen MR) is 87.3 cm³/mol. The molecule has 5 heteroatoms. The number of ether oxygens (including phenoxy) is 2. The molecule has 0 atom stereocenters. The zero-order chi connectivity index (χ0) is 15.4. The highest BCUT2D eigenvalue weighted by atomic mass is 79.9. The van der Waals surface area contributed by atoms with E-state index in [2.05, 4.69) is 20.9 Å².